The summed E-state index contributed by atoms with van der Waals surface area (Å²) in [6.07, 6.45) is 0. The van der Waals surface area contributed by atoms with E-state index in [1.807, 2.05) is 6.92 Å². The van der Waals surface area contributed by atoms with E-state index in [1.165, 1.54) is 12.1 Å². The van der Waals surface area contributed by atoms with Crippen LogP contribution in [-0.4, -0.2) is 12.1 Å². The average Bonchev–Trinajstić information content (AvgIpc) is 2.43. The van der Waals surface area contributed by atoms with Crippen molar-refractivity contribution in [3.63, 3.8) is 0 Å². The predicted octanol–water partition coefficient (Wildman–Crippen LogP) is 2.82. The number of benzene rings is 1. The van der Waals surface area contributed by atoms with Crippen LogP contribution in [0.1, 0.15) is 26.3 Å². The fraction of sp³-hybridized carbons (Fsp3) is 0.500. The summed E-state index contributed by atoms with van der Waals surface area (Å²) < 4.78 is 18.5. The van der Waals surface area contributed by atoms with Gasteiger partial charge in [-0.25, -0.2) is 4.39 Å². The first-order valence-corrected chi connectivity index (χ1v) is 5.11. The lowest BCUT2D eigenvalue weighted by molar-refractivity contribution is 0.00214. The summed E-state index contributed by atoms with van der Waals surface area (Å²) >= 11 is 0. The number of halogens is 2. The van der Waals surface area contributed by atoms with Crippen LogP contribution in [0.15, 0.2) is 24.3 Å². The van der Waals surface area contributed by atoms with Crippen LogP contribution in [-0.2, 0) is 10.5 Å². The number of hydrogen-bond donors (Lipinski definition) is 1. The molecular formula is C12H17ClFNO. The zero-order valence-corrected chi connectivity index (χ0v) is 10.5. The van der Waals surface area contributed by atoms with Crippen molar-refractivity contribution in [3.8, 4) is 0 Å². The van der Waals surface area contributed by atoms with Gasteiger partial charge in [-0.1, -0.05) is 12.1 Å². The highest BCUT2D eigenvalue weighted by atomic mass is 35.5. The minimum Gasteiger partial charge on any atom is -0.355 e. The molecule has 1 heterocycles. The predicted molar refractivity (Wildman–Crippen MR) is 64.2 cm³/mol. The van der Waals surface area contributed by atoms with Gasteiger partial charge in [0.1, 0.15) is 11.5 Å². The van der Waals surface area contributed by atoms with E-state index in [-0.39, 0.29) is 23.8 Å². The maximum atomic E-state index is 12.8. The molecule has 1 aromatic carbocycles. The van der Waals surface area contributed by atoms with E-state index in [2.05, 4.69) is 19.2 Å². The minimum atomic E-state index is -0.503. The highest BCUT2D eigenvalue weighted by Gasteiger charge is 2.41. The third kappa shape index (κ3) is 2.54. The van der Waals surface area contributed by atoms with Gasteiger partial charge in [0, 0.05) is 5.54 Å². The lowest BCUT2D eigenvalue weighted by Gasteiger charge is -2.27. The molecule has 1 atom stereocenters. The molecule has 0 radical (unpaired) electrons. The average molecular weight is 246 g/mol. The second kappa shape index (κ2) is 4.32. The zero-order chi connectivity index (χ0) is 11.1. The van der Waals surface area contributed by atoms with Gasteiger partial charge in [-0.2, -0.15) is 0 Å². The second-order valence-corrected chi connectivity index (χ2v) is 4.84. The minimum absolute atomic E-state index is 0. The molecule has 1 aliphatic rings. The molecular weight excluding hydrogens is 229 g/mol. The summed E-state index contributed by atoms with van der Waals surface area (Å²) in [7, 11) is 0. The molecule has 1 aromatic rings. The van der Waals surface area contributed by atoms with Crippen LogP contribution in [0.25, 0.3) is 0 Å². The van der Waals surface area contributed by atoms with Gasteiger partial charge in [-0.15, -0.1) is 12.4 Å². The Hall–Kier alpha value is -0.640. The van der Waals surface area contributed by atoms with Crippen molar-refractivity contribution < 1.29 is 9.13 Å². The first-order valence-electron chi connectivity index (χ1n) is 5.11. The van der Waals surface area contributed by atoms with Crippen molar-refractivity contribution in [2.24, 2.45) is 0 Å². The molecule has 1 aliphatic heterocycles. The highest BCUT2D eigenvalue weighted by Crippen LogP contribution is 2.31. The van der Waals surface area contributed by atoms with E-state index >= 15 is 0 Å². The lowest BCUT2D eigenvalue weighted by atomic mass is 10.0. The topological polar surface area (TPSA) is 21.3 Å². The third-order valence-electron chi connectivity index (χ3n) is 2.69. The van der Waals surface area contributed by atoms with Crippen LogP contribution < -0.4 is 5.32 Å². The van der Waals surface area contributed by atoms with Crippen LogP contribution >= 0.6 is 12.4 Å². The van der Waals surface area contributed by atoms with Crippen LogP contribution in [0.3, 0.4) is 0 Å². The Morgan fingerprint density at radius 2 is 1.75 bits per heavy atom. The van der Waals surface area contributed by atoms with Crippen molar-refractivity contribution in [2.45, 2.75) is 32.0 Å². The zero-order valence-electron chi connectivity index (χ0n) is 9.71. The third-order valence-corrected chi connectivity index (χ3v) is 2.69. The van der Waals surface area contributed by atoms with E-state index in [9.17, 15) is 4.39 Å². The molecule has 0 saturated carbocycles. The lowest BCUT2D eigenvalue weighted by Crippen LogP contribution is -2.44. The van der Waals surface area contributed by atoms with Crippen molar-refractivity contribution in [2.75, 3.05) is 6.61 Å². The fourth-order valence-corrected chi connectivity index (χ4v) is 1.97. The molecule has 0 aromatic heterocycles. The largest absolute Gasteiger partial charge is 0.355 e. The van der Waals surface area contributed by atoms with Gasteiger partial charge >= 0.3 is 0 Å². The quantitative estimate of drug-likeness (QED) is 0.822. The molecule has 2 rings (SSSR count). The molecule has 0 bridgehead atoms. The van der Waals surface area contributed by atoms with Gasteiger partial charge in [0.25, 0.3) is 0 Å². The van der Waals surface area contributed by atoms with Crippen LogP contribution in [0, 0.1) is 5.82 Å². The molecule has 1 saturated heterocycles. The molecule has 0 aliphatic carbocycles. The summed E-state index contributed by atoms with van der Waals surface area (Å²) in [5.74, 6) is -0.223. The summed E-state index contributed by atoms with van der Waals surface area (Å²) in [4.78, 5) is 0. The normalized spacial score (nSPS) is 27.5. The van der Waals surface area contributed by atoms with Crippen LogP contribution in [0.2, 0.25) is 0 Å². The van der Waals surface area contributed by atoms with E-state index in [1.54, 1.807) is 12.1 Å². The molecule has 1 fully saturated rings. The molecule has 16 heavy (non-hydrogen) atoms. The second-order valence-electron chi connectivity index (χ2n) is 4.84. The smallest absolute Gasteiger partial charge is 0.143 e. The number of hydrogen-bond acceptors (Lipinski definition) is 2. The summed E-state index contributed by atoms with van der Waals surface area (Å²) in [5.41, 5.74) is 0.412. The van der Waals surface area contributed by atoms with E-state index < -0.39 is 5.72 Å². The maximum Gasteiger partial charge on any atom is 0.143 e. The first-order chi connectivity index (χ1) is 6.91. The van der Waals surface area contributed by atoms with Gasteiger partial charge in [-0.05, 0) is 38.5 Å². The van der Waals surface area contributed by atoms with E-state index in [4.69, 9.17) is 4.74 Å². The maximum absolute atomic E-state index is 12.8. The monoisotopic (exact) mass is 245 g/mol. The molecule has 90 valence electrons. The fourth-order valence-electron chi connectivity index (χ4n) is 1.97. The molecule has 2 nitrogen and oxygen atoms in total. The number of ether oxygens (including phenoxy) is 1. The Balaban J connectivity index is 0.00000128. The van der Waals surface area contributed by atoms with E-state index in [0.29, 0.717) is 6.61 Å². The van der Waals surface area contributed by atoms with Gasteiger partial charge in [0.05, 0.1) is 6.61 Å². The molecule has 1 N–H and O–H groups in total. The molecule has 1 unspecified atom stereocenters. The molecule has 0 spiro atoms. The highest BCUT2D eigenvalue weighted by molar-refractivity contribution is 5.85. The van der Waals surface area contributed by atoms with Crippen molar-refractivity contribution in [1.29, 1.82) is 0 Å². The van der Waals surface area contributed by atoms with Gasteiger partial charge in [-0.3, -0.25) is 5.32 Å². The molecule has 0 amide bonds. The van der Waals surface area contributed by atoms with Crippen LogP contribution in [0.4, 0.5) is 4.39 Å². The summed E-state index contributed by atoms with van der Waals surface area (Å²) in [5, 5.41) is 3.40. The van der Waals surface area contributed by atoms with Crippen molar-refractivity contribution in [3.05, 3.63) is 35.6 Å². The standard InChI is InChI=1S/C12H16FNO.ClH/c1-11(2)8-15-12(3,14-11)9-4-6-10(13)7-5-9;/h4-7,14H,8H2,1-3H3;1H. The summed E-state index contributed by atoms with van der Waals surface area (Å²) in [6.45, 7) is 6.79. The number of rotatable bonds is 1. The van der Waals surface area contributed by atoms with E-state index in [0.717, 1.165) is 5.56 Å². The van der Waals surface area contributed by atoms with Gasteiger partial charge in [0.2, 0.25) is 0 Å². The Bertz CT molecular complexity index is 366. The van der Waals surface area contributed by atoms with Crippen LogP contribution in [0.5, 0.6) is 0 Å². The Labute approximate surface area is 102 Å². The van der Waals surface area contributed by atoms with Gasteiger partial charge in [0.15, 0.2) is 0 Å². The summed E-state index contributed by atoms with van der Waals surface area (Å²) in [6, 6.07) is 6.42. The Kier molecular flexibility index (Phi) is 3.62. The van der Waals surface area contributed by atoms with Gasteiger partial charge < -0.3 is 4.74 Å². The Morgan fingerprint density at radius 3 is 2.19 bits per heavy atom. The molecule has 4 heteroatoms. The van der Waals surface area contributed by atoms with Crippen molar-refractivity contribution in [1.82, 2.24) is 5.32 Å². The SMILES string of the molecule is CC1(C)COC(C)(c2ccc(F)cc2)N1.Cl. The van der Waals surface area contributed by atoms with Crippen molar-refractivity contribution >= 4 is 12.4 Å². The first kappa shape index (κ1) is 13.4. The Morgan fingerprint density at radius 1 is 1.19 bits per heavy atom. The number of nitrogens with one attached hydrogen (secondary N) is 1.